The summed E-state index contributed by atoms with van der Waals surface area (Å²) in [4.78, 5) is 6.75. The minimum Gasteiger partial charge on any atom is -0.454 e. The van der Waals surface area contributed by atoms with Gasteiger partial charge in [0.1, 0.15) is 0 Å². The number of likely N-dealkylation sites (tertiary alicyclic amines) is 1. The van der Waals surface area contributed by atoms with Crippen molar-refractivity contribution in [3.63, 3.8) is 0 Å². The number of aliphatic hydroxyl groups excluding tert-OH is 1. The Labute approximate surface area is 124 Å². The van der Waals surface area contributed by atoms with E-state index in [9.17, 15) is 5.11 Å². The molecule has 0 aromatic heterocycles. The van der Waals surface area contributed by atoms with Crippen molar-refractivity contribution in [1.29, 1.82) is 0 Å². The number of guanidine groups is 1. The molecule has 3 rings (SSSR count). The number of nitrogens with zero attached hydrogens (tertiary/aromatic N) is 2. The summed E-state index contributed by atoms with van der Waals surface area (Å²) < 4.78 is 10.7. The molecule has 21 heavy (non-hydrogen) atoms. The van der Waals surface area contributed by atoms with Crippen LogP contribution in [0.4, 0.5) is 0 Å². The van der Waals surface area contributed by atoms with Gasteiger partial charge in [0.05, 0.1) is 12.6 Å². The highest BCUT2D eigenvalue weighted by atomic mass is 16.7. The van der Waals surface area contributed by atoms with Gasteiger partial charge in [-0.25, -0.2) is 4.99 Å². The third-order valence-electron chi connectivity index (χ3n) is 3.65. The summed E-state index contributed by atoms with van der Waals surface area (Å²) in [6.45, 7) is 5.21. The van der Waals surface area contributed by atoms with Crippen molar-refractivity contribution in [2.75, 3.05) is 26.4 Å². The first kappa shape index (κ1) is 14.0. The molecule has 6 heteroatoms. The van der Waals surface area contributed by atoms with E-state index in [2.05, 4.69) is 15.2 Å². The summed E-state index contributed by atoms with van der Waals surface area (Å²) >= 11 is 0. The first-order valence-electron chi connectivity index (χ1n) is 7.36. The van der Waals surface area contributed by atoms with Crippen LogP contribution in [-0.4, -0.2) is 48.5 Å². The molecule has 1 atom stereocenters. The van der Waals surface area contributed by atoms with Crippen LogP contribution < -0.4 is 14.8 Å². The number of hydrogen-bond acceptors (Lipinski definition) is 4. The predicted molar refractivity (Wildman–Crippen MR) is 79.6 cm³/mol. The number of rotatable bonds is 3. The Kier molecular flexibility index (Phi) is 4.15. The van der Waals surface area contributed by atoms with Gasteiger partial charge in [-0.3, -0.25) is 0 Å². The normalized spacial score (nSPS) is 21.0. The number of hydrogen-bond donors (Lipinski definition) is 2. The van der Waals surface area contributed by atoms with Crippen LogP contribution in [0.5, 0.6) is 11.5 Å². The van der Waals surface area contributed by atoms with Gasteiger partial charge in [-0.2, -0.15) is 0 Å². The van der Waals surface area contributed by atoms with E-state index >= 15 is 0 Å². The molecule has 0 saturated carbocycles. The van der Waals surface area contributed by atoms with Crippen LogP contribution >= 0.6 is 0 Å². The van der Waals surface area contributed by atoms with Gasteiger partial charge >= 0.3 is 0 Å². The third-order valence-corrected chi connectivity index (χ3v) is 3.65. The van der Waals surface area contributed by atoms with E-state index in [1.165, 1.54) is 0 Å². The first-order valence-corrected chi connectivity index (χ1v) is 7.36. The minimum atomic E-state index is -0.251. The standard InChI is InChI=1S/C15H21N3O3/c1-2-16-15(18-6-5-12(19)9-18)17-8-11-3-4-13-14(7-11)21-10-20-13/h3-4,7,12,19H,2,5-6,8-10H2,1H3,(H,16,17)/t12-/m1/s1. The quantitative estimate of drug-likeness (QED) is 0.641. The molecule has 2 heterocycles. The molecule has 0 spiro atoms. The molecule has 1 saturated heterocycles. The summed E-state index contributed by atoms with van der Waals surface area (Å²) in [6, 6.07) is 5.88. The summed E-state index contributed by atoms with van der Waals surface area (Å²) in [5, 5.41) is 12.9. The second-order valence-corrected chi connectivity index (χ2v) is 5.25. The molecule has 114 valence electrons. The molecule has 2 N–H and O–H groups in total. The fraction of sp³-hybridized carbons (Fsp3) is 0.533. The van der Waals surface area contributed by atoms with E-state index in [1.54, 1.807) is 0 Å². The fourth-order valence-electron chi connectivity index (χ4n) is 2.57. The molecule has 1 aromatic rings. The SMILES string of the molecule is CCNC(=NCc1ccc2c(c1)OCO2)N1CC[C@@H](O)C1. The zero-order chi connectivity index (χ0) is 14.7. The molecular formula is C15H21N3O3. The topological polar surface area (TPSA) is 66.3 Å². The summed E-state index contributed by atoms with van der Waals surface area (Å²) in [5.41, 5.74) is 1.08. The number of aliphatic hydroxyl groups is 1. The Morgan fingerprint density at radius 3 is 3.05 bits per heavy atom. The maximum atomic E-state index is 9.65. The Hall–Kier alpha value is -1.95. The average Bonchev–Trinajstić information content (AvgIpc) is 3.11. The molecule has 0 amide bonds. The molecule has 0 unspecified atom stereocenters. The lowest BCUT2D eigenvalue weighted by atomic mass is 10.2. The summed E-state index contributed by atoms with van der Waals surface area (Å²) in [6.07, 6.45) is 0.549. The third kappa shape index (κ3) is 3.21. The van der Waals surface area contributed by atoms with Gasteiger partial charge in [0.2, 0.25) is 6.79 Å². The van der Waals surface area contributed by atoms with Crippen molar-refractivity contribution in [3.05, 3.63) is 23.8 Å². The lowest BCUT2D eigenvalue weighted by Crippen LogP contribution is -2.40. The highest BCUT2D eigenvalue weighted by molar-refractivity contribution is 5.80. The maximum absolute atomic E-state index is 9.65. The molecule has 1 aromatic carbocycles. The Morgan fingerprint density at radius 1 is 1.43 bits per heavy atom. The Morgan fingerprint density at radius 2 is 2.29 bits per heavy atom. The molecular weight excluding hydrogens is 270 g/mol. The van der Waals surface area contributed by atoms with Crippen molar-refractivity contribution in [1.82, 2.24) is 10.2 Å². The lowest BCUT2D eigenvalue weighted by molar-refractivity contribution is 0.174. The highest BCUT2D eigenvalue weighted by Gasteiger charge is 2.22. The van der Waals surface area contributed by atoms with Crippen LogP contribution in [0.2, 0.25) is 0 Å². The Bertz CT molecular complexity index is 533. The van der Waals surface area contributed by atoms with Crippen LogP contribution in [0.15, 0.2) is 23.2 Å². The number of fused-ring (bicyclic) bond motifs is 1. The smallest absolute Gasteiger partial charge is 0.231 e. The number of β-amino-alcohol motifs (C(OH)–C–C–N with tert-alkyl or cyclic N) is 1. The van der Waals surface area contributed by atoms with Crippen molar-refractivity contribution < 1.29 is 14.6 Å². The zero-order valence-corrected chi connectivity index (χ0v) is 12.2. The molecule has 2 aliphatic heterocycles. The van der Waals surface area contributed by atoms with Gasteiger partial charge in [-0.1, -0.05) is 6.07 Å². The molecule has 0 bridgehead atoms. The lowest BCUT2D eigenvalue weighted by Gasteiger charge is -2.20. The van der Waals surface area contributed by atoms with Gasteiger partial charge in [0.25, 0.3) is 0 Å². The molecule has 1 fully saturated rings. The van der Waals surface area contributed by atoms with Crippen LogP contribution in [0.1, 0.15) is 18.9 Å². The average molecular weight is 291 g/mol. The van der Waals surface area contributed by atoms with E-state index in [-0.39, 0.29) is 12.9 Å². The van der Waals surface area contributed by atoms with Gasteiger partial charge in [0, 0.05) is 19.6 Å². The van der Waals surface area contributed by atoms with Crippen molar-refractivity contribution in [2.45, 2.75) is 26.0 Å². The van der Waals surface area contributed by atoms with Crippen molar-refractivity contribution in [2.24, 2.45) is 4.99 Å². The largest absolute Gasteiger partial charge is 0.454 e. The summed E-state index contributed by atoms with van der Waals surface area (Å²) in [5.74, 6) is 2.42. The van der Waals surface area contributed by atoms with E-state index in [0.29, 0.717) is 13.1 Å². The predicted octanol–water partition coefficient (Wildman–Crippen LogP) is 0.947. The van der Waals surface area contributed by atoms with Crippen LogP contribution in [0.25, 0.3) is 0 Å². The van der Waals surface area contributed by atoms with E-state index < -0.39 is 0 Å². The van der Waals surface area contributed by atoms with Gasteiger partial charge < -0.3 is 24.8 Å². The second kappa shape index (κ2) is 6.22. The van der Waals surface area contributed by atoms with Crippen molar-refractivity contribution >= 4 is 5.96 Å². The fourth-order valence-corrected chi connectivity index (χ4v) is 2.57. The molecule has 0 aliphatic carbocycles. The highest BCUT2D eigenvalue weighted by Crippen LogP contribution is 2.32. The maximum Gasteiger partial charge on any atom is 0.231 e. The molecule has 0 radical (unpaired) electrons. The second-order valence-electron chi connectivity index (χ2n) is 5.25. The van der Waals surface area contributed by atoms with Crippen LogP contribution in [0, 0.1) is 0 Å². The zero-order valence-electron chi connectivity index (χ0n) is 12.2. The van der Waals surface area contributed by atoms with Crippen LogP contribution in [0.3, 0.4) is 0 Å². The van der Waals surface area contributed by atoms with E-state index in [4.69, 9.17) is 9.47 Å². The minimum absolute atomic E-state index is 0.251. The van der Waals surface area contributed by atoms with Crippen molar-refractivity contribution in [3.8, 4) is 11.5 Å². The van der Waals surface area contributed by atoms with Gasteiger partial charge in [0.15, 0.2) is 17.5 Å². The monoisotopic (exact) mass is 291 g/mol. The van der Waals surface area contributed by atoms with E-state index in [0.717, 1.165) is 42.5 Å². The Balaban J connectivity index is 1.69. The number of nitrogens with one attached hydrogen (secondary N) is 1. The van der Waals surface area contributed by atoms with E-state index in [1.807, 2.05) is 25.1 Å². The molecule has 6 nitrogen and oxygen atoms in total. The first-order chi connectivity index (χ1) is 10.3. The van der Waals surface area contributed by atoms with Gasteiger partial charge in [-0.05, 0) is 31.0 Å². The molecule has 2 aliphatic rings. The van der Waals surface area contributed by atoms with Crippen LogP contribution in [-0.2, 0) is 6.54 Å². The van der Waals surface area contributed by atoms with Gasteiger partial charge in [-0.15, -0.1) is 0 Å². The summed E-state index contributed by atoms with van der Waals surface area (Å²) in [7, 11) is 0. The number of ether oxygens (including phenoxy) is 2. The number of aliphatic imine (C=N–C) groups is 1. The number of benzene rings is 1.